The molecular formula is C32H22O2. The summed E-state index contributed by atoms with van der Waals surface area (Å²) in [5.41, 5.74) is 10.9. The predicted molar refractivity (Wildman–Crippen MR) is 141 cm³/mol. The Bertz CT molecular complexity index is 1880. The Morgan fingerprint density at radius 2 is 0.882 bits per heavy atom. The highest BCUT2D eigenvalue weighted by Crippen LogP contribution is 2.36. The van der Waals surface area contributed by atoms with Gasteiger partial charge in [0.25, 0.3) is 0 Å². The molecule has 0 aliphatic heterocycles. The summed E-state index contributed by atoms with van der Waals surface area (Å²) in [6, 6.07) is 34.4. The van der Waals surface area contributed by atoms with Crippen LogP contribution in [0, 0.1) is 13.8 Å². The van der Waals surface area contributed by atoms with Crippen molar-refractivity contribution >= 4 is 43.9 Å². The second kappa shape index (κ2) is 7.10. The van der Waals surface area contributed by atoms with Gasteiger partial charge in [-0.15, -0.1) is 0 Å². The average molecular weight is 439 g/mol. The van der Waals surface area contributed by atoms with Crippen LogP contribution in [-0.4, -0.2) is 0 Å². The summed E-state index contributed by atoms with van der Waals surface area (Å²) in [4.78, 5) is 0. The van der Waals surface area contributed by atoms with Crippen molar-refractivity contribution in [3.8, 4) is 22.3 Å². The Morgan fingerprint density at radius 1 is 0.382 bits per heavy atom. The number of furan rings is 2. The molecular weight excluding hydrogens is 416 g/mol. The van der Waals surface area contributed by atoms with Crippen molar-refractivity contribution in [1.29, 1.82) is 0 Å². The quantitative estimate of drug-likeness (QED) is 0.269. The lowest BCUT2D eigenvalue weighted by Gasteiger charge is -2.07. The minimum absolute atomic E-state index is 0.921. The van der Waals surface area contributed by atoms with E-state index in [4.69, 9.17) is 8.83 Å². The molecule has 0 spiro atoms. The zero-order valence-electron chi connectivity index (χ0n) is 19.1. The Balaban J connectivity index is 1.34. The number of rotatable bonds is 2. The third kappa shape index (κ3) is 2.96. The third-order valence-electron chi connectivity index (χ3n) is 6.78. The summed E-state index contributed by atoms with van der Waals surface area (Å²) >= 11 is 0. The molecule has 0 aliphatic carbocycles. The van der Waals surface area contributed by atoms with Gasteiger partial charge in [0.05, 0.1) is 0 Å². The van der Waals surface area contributed by atoms with E-state index in [0.29, 0.717) is 0 Å². The molecule has 0 amide bonds. The number of fused-ring (bicyclic) bond motifs is 6. The SMILES string of the molecule is Cc1ccc2oc3cc(-c4cccc(-c5ccc6oc7ccc(C)cc7c6c5)c4)ccc3c2c1. The first-order chi connectivity index (χ1) is 16.6. The van der Waals surface area contributed by atoms with E-state index in [2.05, 4.69) is 111 Å². The fourth-order valence-corrected chi connectivity index (χ4v) is 5.02. The molecule has 0 fully saturated rings. The van der Waals surface area contributed by atoms with E-state index in [-0.39, 0.29) is 0 Å². The van der Waals surface area contributed by atoms with Crippen LogP contribution in [0.3, 0.4) is 0 Å². The summed E-state index contributed by atoms with van der Waals surface area (Å²) in [5, 5.41) is 4.65. The summed E-state index contributed by atoms with van der Waals surface area (Å²) in [6.07, 6.45) is 0. The number of hydrogen-bond acceptors (Lipinski definition) is 2. The molecule has 0 unspecified atom stereocenters. The maximum absolute atomic E-state index is 6.16. The lowest BCUT2D eigenvalue weighted by molar-refractivity contribution is 0.668. The Labute approximate surface area is 197 Å². The van der Waals surface area contributed by atoms with Crippen molar-refractivity contribution in [3.05, 3.63) is 108 Å². The summed E-state index contributed by atoms with van der Waals surface area (Å²) in [5.74, 6) is 0. The van der Waals surface area contributed by atoms with Crippen LogP contribution in [0.4, 0.5) is 0 Å². The molecule has 0 saturated heterocycles. The second-order valence-electron chi connectivity index (χ2n) is 9.21. The van der Waals surface area contributed by atoms with Crippen LogP contribution in [0.2, 0.25) is 0 Å². The van der Waals surface area contributed by atoms with Crippen LogP contribution in [-0.2, 0) is 0 Å². The van der Waals surface area contributed by atoms with E-state index in [0.717, 1.165) is 38.7 Å². The second-order valence-corrected chi connectivity index (χ2v) is 9.21. The summed E-state index contributed by atoms with van der Waals surface area (Å²) in [7, 11) is 0. The van der Waals surface area contributed by atoms with E-state index >= 15 is 0 Å². The van der Waals surface area contributed by atoms with Gasteiger partial charge >= 0.3 is 0 Å². The van der Waals surface area contributed by atoms with E-state index in [1.54, 1.807) is 0 Å². The molecule has 2 heteroatoms. The normalized spacial score (nSPS) is 11.8. The van der Waals surface area contributed by atoms with E-state index in [1.165, 1.54) is 38.6 Å². The van der Waals surface area contributed by atoms with Crippen molar-refractivity contribution in [2.45, 2.75) is 13.8 Å². The zero-order chi connectivity index (χ0) is 22.8. The molecule has 2 heterocycles. The standard InChI is InChI=1S/C32H22O2/c1-19-6-11-29-26(14-19)25-10-8-24(18-32(25)34-29)22-5-3-4-21(16-22)23-9-13-31-28(17-23)27-15-20(2)7-12-30(27)33-31/h3-18H,1-2H3. The molecule has 2 aromatic heterocycles. The molecule has 34 heavy (non-hydrogen) atoms. The Kier molecular flexibility index (Phi) is 4.01. The van der Waals surface area contributed by atoms with Crippen LogP contribution in [0.25, 0.3) is 66.1 Å². The van der Waals surface area contributed by atoms with Crippen molar-refractivity contribution in [1.82, 2.24) is 0 Å². The van der Waals surface area contributed by atoms with Crippen molar-refractivity contribution in [2.75, 3.05) is 0 Å². The van der Waals surface area contributed by atoms with E-state index in [1.807, 2.05) is 0 Å². The van der Waals surface area contributed by atoms with Crippen molar-refractivity contribution in [3.63, 3.8) is 0 Å². The molecule has 0 atom stereocenters. The number of benzene rings is 5. The van der Waals surface area contributed by atoms with Crippen molar-refractivity contribution in [2.24, 2.45) is 0 Å². The van der Waals surface area contributed by atoms with Gasteiger partial charge in [-0.25, -0.2) is 0 Å². The van der Waals surface area contributed by atoms with E-state index < -0.39 is 0 Å². The third-order valence-corrected chi connectivity index (χ3v) is 6.78. The molecule has 0 bridgehead atoms. The minimum Gasteiger partial charge on any atom is -0.456 e. The largest absolute Gasteiger partial charge is 0.456 e. The van der Waals surface area contributed by atoms with E-state index in [9.17, 15) is 0 Å². The van der Waals surface area contributed by atoms with Crippen molar-refractivity contribution < 1.29 is 8.83 Å². The topological polar surface area (TPSA) is 26.3 Å². The van der Waals surface area contributed by atoms with Gasteiger partial charge in [-0.3, -0.25) is 0 Å². The van der Waals surface area contributed by atoms with Gasteiger partial charge in [-0.2, -0.15) is 0 Å². The monoisotopic (exact) mass is 438 g/mol. The summed E-state index contributed by atoms with van der Waals surface area (Å²) < 4.78 is 12.2. The molecule has 7 rings (SSSR count). The van der Waals surface area contributed by atoms with Crippen LogP contribution in [0.5, 0.6) is 0 Å². The highest BCUT2D eigenvalue weighted by molar-refractivity contribution is 6.07. The lowest BCUT2D eigenvalue weighted by Crippen LogP contribution is -1.82. The van der Waals surface area contributed by atoms with Crippen LogP contribution in [0.15, 0.2) is 106 Å². The molecule has 0 saturated carbocycles. The number of aryl methyl sites for hydroxylation is 2. The summed E-state index contributed by atoms with van der Waals surface area (Å²) in [6.45, 7) is 4.23. The minimum atomic E-state index is 0.921. The van der Waals surface area contributed by atoms with Gasteiger partial charge in [0, 0.05) is 21.5 Å². The van der Waals surface area contributed by atoms with Crippen LogP contribution >= 0.6 is 0 Å². The molecule has 5 aromatic carbocycles. The first-order valence-electron chi connectivity index (χ1n) is 11.6. The fourth-order valence-electron chi connectivity index (χ4n) is 5.02. The van der Waals surface area contributed by atoms with Crippen LogP contribution < -0.4 is 0 Å². The van der Waals surface area contributed by atoms with Gasteiger partial charge in [0.1, 0.15) is 22.3 Å². The highest BCUT2D eigenvalue weighted by Gasteiger charge is 2.11. The molecule has 0 radical (unpaired) electrons. The maximum Gasteiger partial charge on any atom is 0.136 e. The first kappa shape index (κ1) is 19.2. The fraction of sp³-hybridized carbons (Fsp3) is 0.0625. The highest BCUT2D eigenvalue weighted by atomic mass is 16.3. The maximum atomic E-state index is 6.16. The van der Waals surface area contributed by atoms with Crippen LogP contribution in [0.1, 0.15) is 11.1 Å². The lowest BCUT2D eigenvalue weighted by atomic mass is 9.97. The van der Waals surface area contributed by atoms with Gasteiger partial charge in [0.15, 0.2) is 0 Å². The van der Waals surface area contributed by atoms with Gasteiger partial charge < -0.3 is 8.83 Å². The predicted octanol–water partition coefficient (Wildman–Crippen LogP) is 9.44. The molecule has 0 N–H and O–H groups in total. The molecule has 7 aromatic rings. The van der Waals surface area contributed by atoms with Gasteiger partial charge in [-0.05, 0) is 90.7 Å². The average Bonchev–Trinajstić information content (AvgIpc) is 3.40. The molecule has 2 nitrogen and oxygen atoms in total. The number of hydrogen-bond donors (Lipinski definition) is 0. The van der Waals surface area contributed by atoms with Gasteiger partial charge in [0.2, 0.25) is 0 Å². The van der Waals surface area contributed by atoms with Gasteiger partial charge in [-0.1, -0.05) is 53.6 Å². The Morgan fingerprint density at radius 3 is 1.59 bits per heavy atom. The zero-order valence-corrected chi connectivity index (χ0v) is 19.1. The molecule has 162 valence electrons. The first-order valence-corrected chi connectivity index (χ1v) is 11.6. The molecule has 0 aliphatic rings. The smallest absolute Gasteiger partial charge is 0.136 e. The Hall–Kier alpha value is -4.30.